The van der Waals surface area contributed by atoms with Crippen molar-refractivity contribution >= 4 is 5.78 Å². The van der Waals surface area contributed by atoms with E-state index in [1.807, 2.05) is 12.1 Å². The monoisotopic (exact) mass is 277 g/mol. The molecule has 0 radical (unpaired) electrons. The van der Waals surface area contributed by atoms with E-state index in [-0.39, 0.29) is 18.0 Å². The molecule has 1 fully saturated rings. The Kier molecular flexibility index (Phi) is 5.15. The number of carbonyl (C=O) groups excluding carboxylic acids is 1. The minimum absolute atomic E-state index is 0.0767. The second-order valence-corrected chi connectivity index (χ2v) is 5.45. The van der Waals surface area contributed by atoms with E-state index in [0.717, 1.165) is 25.4 Å². The molecule has 0 amide bonds. The minimum atomic E-state index is 0.0767. The van der Waals surface area contributed by atoms with E-state index in [2.05, 4.69) is 18.7 Å². The number of benzene rings is 1. The first-order chi connectivity index (χ1) is 9.54. The number of hydrogen-bond acceptors (Lipinski definition) is 4. The molecule has 0 bridgehead atoms. The second-order valence-electron chi connectivity index (χ2n) is 5.45. The van der Waals surface area contributed by atoms with Gasteiger partial charge in [0.25, 0.3) is 0 Å². The lowest BCUT2D eigenvalue weighted by atomic mass is 10.1. The zero-order chi connectivity index (χ0) is 14.5. The fraction of sp³-hybridized carbons (Fsp3) is 0.562. The summed E-state index contributed by atoms with van der Waals surface area (Å²) in [5, 5.41) is 0. The Hall–Kier alpha value is -1.39. The molecule has 20 heavy (non-hydrogen) atoms. The Morgan fingerprint density at radius 3 is 2.40 bits per heavy atom. The molecule has 1 heterocycles. The maximum Gasteiger partial charge on any atom is 0.159 e. The third-order valence-corrected chi connectivity index (χ3v) is 3.43. The summed E-state index contributed by atoms with van der Waals surface area (Å²) in [6.45, 7) is 9.23. The molecule has 2 atom stereocenters. The van der Waals surface area contributed by atoms with Crippen LogP contribution in [0.4, 0.5) is 0 Å². The predicted molar refractivity (Wildman–Crippen MR) is 78.4 cm³/mol. The lowest BCUT2D eigenvalue weighted by Gasteiger charge is -2.35. The van der Waals surface area contributed by atoms with Gasteiger partial charge in [-0.05, 0) is 45.0 Å². The summed E-state index contributed by atoms with van der Waals surface area (Å²) in [5.74, 6) is 0.886. The highest BCUT2D eigenvalue weighted by Crippen LogP contribution is 2.14. The Morgan fingerprint density at radius 2 is 1.85 bits per heavy atom. The first-order valence-electron chi connectivity index (χ1n) is 7.16. The van der Waals surface area contributed by atoms with Crippen LogP contribution in [0.25, 0.3) is 0 Å². The maximum atomic E-state index is 11.2. The van der Waals surface area contributed by atoms with Gasteiger partial charge in [-0.15, -0.1) is 0 Å². The van der Waals surface area contributed by atoms with Crippen LogP contribution in [-0.4, -0.2) is 49.1 Å². The Labute approximate surface area is 120 Å². The van der Waals surface area contributed by atoms with Gasteiger partial charge in [0.1, 0.15) is 12.4 Å². The summed E-state index contributed by atoms with van der Waals surface area (Å²) < 4.78 is 11.4. The molecule has 0 aliphatic carbocycles. The number of morpholine rings is 1. The van der Waals surface area contributed by atoms with Gasteiger partial charge in [-0.3, -0.25) is 9.69 Å². The molecular formula is C16H23NO3. The molecular weight excluding hydrogens is 254 g/mol. The van der Waals surface area contributed by atoms with Crippen LogP contribution in [0.5, 0.6) is 5.75 Å². The lowest BCUT2D eigenvalue weighted by Crippen LogP contribution is -2.46. The third-order valence-electron chi connectivity index (χ3n) is 3.43. The molecule has 0 spiro atoms. The maximum absolute atomic E-state index is 11.2. The molecule has 4 nitrogen and oxygen atoms in total. The fourth-order valence-electron chi connectivity index (χ4n) is 2.55. The van der Waals surface area contributed by atoms with Crippen molar-refractivity contribution in [3.8, 4) is 5.75 Å². The van der Waals surface area contributed by atoms with Crippen molar-refractivity contribution in [1.29, 1.82) is 0 Å². The molecule has 1 aromatic rings. The van der Waals surface area contributed by atoms with Crippen molar-refractivity contribution in [3.05, 3.63) is 29.8 Å². The zero-order valence-electron chi connectivity index (χ0n) is 12.5. The van der Waals surface area contributed by atoms with Crippen molar-refractivity contribution in [3.63, 3.8) is 0 Å². The van der Waals surface area contributed by atoms with Crippen LogP contribution >= 0.6 is 0 Å². The molecule has 1 aliphatic rings. The molecule has 0 unspecified atom stereocenters. The molecule has 4 heteroatoms. The van der Waals surface area contributed by atoms with Gasteiger partial charge in [-0.2, -0.15) is 0 Å². The van der Waals surface area contributed by atoms with Gasteiger partial charge in [0.2, 0.25) is 0 Å². The molecule has 0 saturated carbocycles. The van der Waals surface area contributed by atoms with E-state index < -0.39 is 0 Å². The largest absolute Gasteiger partial charge is 0.492 e. The lowest BCUT2D eigenvalue weighted by molar-refractivity contribution is -0.0699. The second kappa shape index (κ2) is 6.86. The molecule has 1 saturated heterocycles. The van der Waals surface area contributed by atoms with E-state index >= 15 is 0 Å². The van der Waals surface area contributed by atoms with Crippen molar-refractivity contribution in [2.75, 3.05) is 26.2 Å². The average molecular weight is 277 g/mol. The van der Waals surface area contributed by atoms with Gasteiger partial charge >= 0.3 is 0 Å². The standard InChI is InChI=1S/C16H23NO3/c1-12-10-17(11-13(2)20-12)8-9-19-16-6-4-15(5-7-16)14(3)18/h4-7,12-13H,8-11H2,1-3H3/t12-,13-/m0/s1. The number of nitrogens with zero attached hydrogens (tertiary/aromatic N) is 1. The highest BCUT2D eigenvalue weighted by atomic mass is 16.5. The predicted octanol–water partition coefficient (Wildman–Crippen LogP) is 2.38. The first-order valence-corrected chi connectivity index (χ1v) is 7.16. The summed E-state index contributed by atoms with van der Waals surface area (Å²) in [4.78, 5) is 13.5. The smallest absolute Gasteiger partial charge is 0.159 e. The highest BCUT2D eigenvalue weighted by Gasteiger charge is 2.21. The summed E-state index contributed by atoms with van der Waals surface area (Å²) in [6.07, 6.45) is 0.571. The van der Waals surface area contributed by atoms with Crippen molar-refractivity contribution in [2.45, 2.75) is 33.0 Å². The third kappa shape index (κ3) is 4.32. The SMILES string of the molecule is CC(=O)c1ccc(OCCN2C[C@H](C)O[C@@H](C)C2)cc1. The van der Waals surface area contributed by atoms with Crippen LogP contribution < -0.4 is 4.74 Å². The topological polar surface area (TPSA) is 38.8 Å². The summed E-state index contributed by atoms with van der Waals surface area (Å²) in [6, 6.07) is 7.30. The first kappa shape index (κ1) is 15.0. The van der Waals surface area contributed by atoms with Crippen molar-refractivity contribution in [1.82, 2.24) is 4.90 Å². The molecule has 1 aliphatic heterocycles. The van der Waals surface area contributed by atoms with Crippen LogP contribution in [0, 0.1) is 0 Å². The van der Waals surface area contributed by atoms with Gasteiger partial charge in [0.15, 0.2) is 5.78 Å². The van der Waals surface area contributed by atoms with E-state index in [9.17, 15) is 4.79 Å². The number of hydrogen-bond donors (Lipinski definition) is 0. The van der Waals surface area contributed by atoms with Gasteiger partial charge in [-0.1, -0.05) is 0 Å². The quantitative estimate of drug-likeness (QED) is 0.775. The van der Waals surface area contributed by atoms with Crippen LogP contribution in [0.2, 0.25) is 0 Å². The number of Topliss-reactive ketones (excluding diaryl/α,β-unsaturated/α-hetero) is 1. The zero-order valence-corrected chi connectivity index (χ0v) is 12.5. The van der Waals surface area contributed by atoms with Gasteiger partial charge in [0.05, 0.1) is 12.2 Å². The number of carbonyl (C=O) groups is 1. The highest BCUT2D eigenvalue weighted by molar-refractivity contribution is 5.94. The summed E-state index contributed by atoms with van der Waals surface area (Å²) in [5.41, 5.74) is 0.716. The van der Waals surface area contributed by atoms with Crippen LogP contribution in [0.15, 0.2) is 24.3 Å². The van der Waals surface area contributed by atoms with E-state index in [1.165, 1.54) is 0 Å². The number of rotatable bonds is 5. The molecule has 0 N–H and O–H groups in total. The van der Waals surface area contributed by atoms with E-state index in [1.54, 1.807) is 19.1 Å². The van der Waals surface area contributed by atoms with Gasteiger partial charge in [0, 0.05) is 25.2 Å². The fourth-order valence-corrected chi connectivity index (χ4v) is 2.55. The Morgan fingerprint density at radius 1 is 1.25 bits per heavy atom. The summed E-state index contributed by atoms with van der Waals surface area (Å²) >= 11 is 0. The van der Waals surface area contributed by atoms with E-state index in [4.69, 9.17) is 9.47 Å². The molecule has 110 valence electrons. The average Bonchev–Trinajstić information content (AvgIpc) is 2.38. The summed E-state index contributed by atoms with van der Waals surface area (Å²) in [7, 11) is 0. The van der Waals surface area contributed by atoms with Crippen LogP contribution in [0.1, 0.15) is 31.1 Å². The van der Waals surface area contributed by atoms with Crippen LogP contribution in [0.3, 0.4) is 0 Å². The Balaban J connectivity index is 1.76. The van der Waals surface area contributed by atoms with Crippen molar-refractivity contribution < 1.29 is 14.3 Å². The normalized spacial score (nSPS) is 23.6. The molecule has 1 aromatic carbocycles. The molecule has 0 aromatic heterocycles. The van der Waals surface area contributed by atoms with Crippen LogP contribution in [-0.2, 0) is 4.74 Å². The molecule has 2 rings (SSSR count). The Bertz CT molecular complexity index is 434. The minimum Gasteiger partial charge on any atom is -0.492 e. The van der Waals surface area contributed by atoms with Gasteiger partial charge in [-0.25, -0.2) is 0 Å². The van der Waals surface area contributed by atoms with Crippen molar-refractivity contribution in [2.24, 2.45) is 0 Å². The van der Waals surface area contributed by atoms with E-state index in [0.29, 0.717) is 12.2 Å². The number of ketones is 1. The number of ether oxygens (including phenoxy) is 2. The van der Waals surface area contributed by atoms with Gasteiger partial charge < -0.3 is 9.47 Å².